The van der Waals surface area contributed by atoms with Crippen LogP contribution in [0.15, 0.2) is 11.9 Å². The minimum atomic E-state index is 0.611. The van der Waals surface area contributed by atoms with E-state index in [0.717, 1.165) is 10.7 Å². The normalized spacial score (nSPS) is 14.9. The molecule has 0 amide bonds. The SMILES string of the molecule is Cc1nsc(N2CC=C(N)N2)c1C#N. The van der Waals surface area contributed by atoms with Gasteiger partial charge >= 0.3 is 0 Å². The van der Waals surface area contributed by atoms with Crippen LogP contribution in [0.3, 0.4) is 0 Å². The molecule has 5 nitrogen and oxygen atoms in total. The zero-order chi connectivity index (χ0) is 10.1. The Hall–Kier alpha value is -1.74. The molecule has 0 spiro atoms. The van der Waals surface area contributed by atoms with Crippen LogP contribution in [-0.2, 0) is 0 Å². The minimum Gasteiger partial charge on any atom is -0.384 e. The highest BCUT2D eigenvalue weighted by molar-refractivity contribution is 7.10. The van der Waals surface area contributed by atoms with Gasteiger partial charge < -0.3 is 5.73 Å². The Morgan fingerprint density at radius 2 is 2.57 bits per heavy atom. The molecule has 0 aromatic carbocycles. The standard InChI is InChI=1S/C8H9N5S/c1-5-6(4-9)8(14-12-5)13-3-2-7(10)11-13/h2,11H,3,10H2,1H3. The zero-order valence-electron chi connectivity index (χ0n) is 7.61. The summed E-state index contributed by atoms with van der Waals surface area (Å²) in [6.45, 7) is 2.49. The Labute approximate surface area is 85.6 Å². The van der Waals surface area contributed by atoms with E-state index < -0.39 is 0 Å². The third-order valence-electron chi connectivity index (χ3n) is 1.96. The fraction of sp³-hybridized carbons (Fsp3) is 0.250. The number of aryl methyl sites for hydroxylation is 1. The largest absolute Gasteiger partial charge is 0.384 e. The molecule has 1 aliphatic heterocycles. The number of nitriles is 1. The predicted molar refractivity (Wildman–Crippen MR) is 54.3 cm³/mol. The Bertz CT molecular complexity index is 427. The van der Waals surface area contributed by atoms with Gasteiger partial charge in [0, 0.05) is 0 Å². The van der Waals surface area contributed by atoms with Crippen LogP contribution in [0.2, 0.25) is 0 Å². The second-order valence-electron chi connectivity index (χ2n) is 2.94. The number of nitrogens with zero attached hydrogens (tertiary/aromatic N) is 3. The zero-order valence-corrected chi connectivity index (χ0v) is 8.43. The first-order valence-corrected chi connectivity index (χ1v) is 4.86. The van der Waals surface area contributed by atoms with E-state index in [1.54, 1.807) is 0 Å². The molecule has 0 unspecified atom stereocenters. The monoisotopic (exact) mass is 207 g/mol. The third-order valence-corrected chi connectivity index (χ3v) is 2.92. The summed E-state index contributed by atoms with van der Waals surface area (Å²) >= 11 is 1.30. The Balaban J connectivity index is 2.30. The minimum absolute atomic E-state index is 0.611. The fourth-order valence-corrected chi connectivity index (χ4v) is 2.06. The van der Waals surface area contributed by atoms with E-state index in [1.165, 1.54) is 11.5 Å². The molecule has 0 saturated carbocycles. The van der Waals surface area contributed by atoms with Crippen molar-refractivity contribution in [1.29, 1.82) is 5.26 Å². The summed E-state index contributed by atoms with van der Waals surface area (Å²) in [5.74, 6) is 0.611. The summed E-state index contributed by atoms with van der Waals surface area (Å²) in [6.07, 6.45) is 1.86. The van der Waals surface area contributed by atoms with Crippen LogP contribution in [0.25, 0.3) is 0 Å². The van der Waals surface area contributed by atoms with Gasteiger partial charge in [0.05, 0.1) is 12.2 Å². The lowest BCUT2D eigenvalue weighted by Gasteiger charge is -2.16. The lowest BCUT2D eigenvalue weighted by Crippen LogP contribution is -2.33. The van der Waals surface area contributed by atoms with Crippen molar-refractivity contribution < 1.29 is 0 Å². The van der Waals surface area contributed by atoms with Crippen LogP contribution >= 0.6 is 11.5 Å². The maximum absolute atomic E-state index is 8.93. The molecule has 2 rings (SSSR count). The molecule has 6 heteroatoms. The van der Waals surface area contributed by atoms with Crippen LogP contribution in [0.1, 0.15) is 11.3 Å². The number of nitrogens with two attached hydrogens (primary N) is 1. The van der Waals surface area contributed by atoms with Crippen molar-refractivity contribution in [2.45, 2.75) is 6.92 Å². The summed E-state index contributed by atoms with van der Waals surface area (Å²) < 4.78 is 4.13. The van der Waals surface area contributed by atoms with Crippen molar-refractivity contribution >= 4 is 16.5 Å². The van der Waals surface area contributed by atoms with Crippen LogP contribution in [0.5, 0.6) is 0 Å². The molecular formula is C8H9N5S. The number of aromatic nitrogens is 1. The fourth-order valence-electron chi connectivity index (χ4n) is 1.24. The van der Waals surface area contributed by atoms with Gasteiger partial charge in [-0.3, -0.25) is 10.4 Å². The van der Waals surface area contributed by atoms with E-state index in [4.69, 9.17) is 11.0 Å². The maximum atomic E-state index is 8.93. The maximum Gasteiger partial charge on any atom is 0.149 e. The van der Waals surface area contributed by atoms with Crippen LogP contribution in [0.4, 0.5) is 5.00 Å². The number of hydrazine groups is 1. The molecule has 0 radical (unpaired) electrons. The molecule has 14 heavy (non-hydrogen) atoms. The first kappa shape index (κ1) is 8.84. The number of hydrogen-bond donors (Lipinski definition) is 2. The van der Waals surface area contributed by atoms with E-state index in [1.807, 2.05) is 18.0 Å². The second-order valence-corrected chi connectivity index (χ2v) is 3.69. The van der Waals surface area contributed by atoms with Crippen LogP contribution in [-0.4, -0.2) is 10.9 Å². The first-order chi connectivity index (χ1) is 6.72. The van der Waals surface area contributed by atoms with E-state index >= 15 is 0 Å². The molecule has 1 aromatic heterocycles. The molecule has 0 atom stereocenters. The summed E-state index contributed by atoms with van der Waals surface area (Å²) in [6, 6.07) is 2.14. The van der Waals surface area contributed by atoms with Gasteiger partial charge in [-0.15, -0.1) is 0 Å². The van der Waals surface area contributed by atoms with Gasteiger partial charge in [0.2, 0.25) is 0 Å². The third kappa shape index (κ3) is 1.28. The molecule has 3 N–H and O–H groups in total. The van der Waals surface area contributed by atoms with Crippen molar-refractivity contribution in [3.05, 3.63) is 23.2 Å². The van der Waals surface area contributed by atoms with Crippen molar-refractivity contribution in [1.82, 2.24) is 9.80 Å². The van der Waals surface area contributed by atoms with Crippen LogP contribution < -0.4 is 16.2 Å². The van der Waals surface area contributed by atoms with E-state index in [-0.39, 0.29) is 0 Å². The van der Waals surface area contributed by atoms with Crippen LogP contribution in [0, 0.1) is 18.3 Å². The quantitative estimate of drug-likeness (QED) is 0.699. The van der Waals surface area contributed by atoms with Gasteiger partial charge in [-0.1, -0.05) is 0 Å². The van der Waals surface area contributed by atoms with Crippen molar-refractivity contribution in [3.63, 3.8) is 0 Å². The molecular weight excluding hydrogens is 198 g/mol. The van der Waals surface area contributed by atoms with Gasteiger partial charge in [0.25, 0.3) is 0 Å². The lowest BCUT2D eigenvalue weighted by molar-refractivity contribution is 0.804. The molecule has 0 saturated heterocycles. The summed E-state index contributed by atoms with van der Waals surface area (Å²) in [7, 11) is 0. The van der Waals surface area contributed by atoms with Gasteiger partial charge in [-0.25, -0.2) is 0 Å². The molecule has 0 fully saturated rings. The summed E-state index contributed by atoms with van der Waals surface area (Å²) in [4.78, 5) is 0. The van der Waals surface area contributed by atoms with Gasteiger partial charge in [0.15, 0.2) is 0 Å². The number of anilines is 1. The van der Waals surface area contributed by atoms with E-state index in [9.17, 15) is 0 Å². The number of rotatable bonds is 1. The molecule has 1 aliphatic rings. The molecule has 1 aromatic rings. The summed E-state index contributed by atoms with van der Waals surface area (Å²) in [5, 5.41) is 11.6. The van der Waals surface area contributed by atoms with Gasteiger partial charge in [0.1, 0.15) is 22.5 Å². The summed E-state index contributed by atoms with van der Waals surface area (Å²) in [5.41, 5.74) is 9.90. The van der Waals surface area contributed by atoms with E-state index in [0.29, 0.717) is 17.9 Å². The predicted octanol–water partition coefficient (Wildman–Crippen LogP) is 0.448. The highest BCUT2D eigenvalue weighted by atomic mass is 32.1. The Morgan fingerprint density at radius 1 is 1.79 bits per heavy atom. The average molecular weight is 207 g/mol. The van der Waals surface area contributed by atoms with Crippen molar-refractivity contribution in [2.75, 3.05) is 11.6 Å². The smallest absolute Gasteiger partial charge is 0.149 e. The molecule has 72 valence electrons. The van der Waals surface area contributed by atoms with Gasteiger partial charge in [-0.2, -0.15) is 9.64 Å². The first-order valence-electron chi connectivity index (χ1n) is 4.08. The number of hydrogen-bond acceptors (Lipinski definition) is 6. The molecule has 0 aliphatic carbocycles. The van der Waals surface area contributed by atoms with E-state index in [2.05, 4.69) is 15.9 Å². The lowest BCUT2D eigenvalue weighted by atomic mass is 10.3. The van der Waals surface area contributed by atoms with Crippen molar-refractivity contribution in [2.24, 2.45) is 5.73 Å². The van der Waals surface area contributed by atoms with Crippen molar-refractivity contribution in [3.8, 4) is 6.07 Å². The highest BCUT2D eigenvalue weighted by Crippen LogP contribution is 2.27. The highest BCUT2D eigenvalue weighted by Gasteiger charge is 2.19. The van der Waals surface area contributed by atoms with Gasteiger partial charge in [-0.05, 0) is 24.5 Å². The molecule has 0 bridgehead atoms. The number of nitrogens with one attached hydrogen (secondary N) is 1. The molecule has 2 heterocycles. The second kappa shape index (κ2) is 3.20. The topological polar surface area (TPSA) is 78.0 Å². The average Bonchev–Trinajstić information content (AvgIpc) is 2.71. The Morgan fingerprint density at radius 3 is 3.14 bits per heavy atom. The Kier molecular flexibility index (Phi) is 2.02.